The summed E-state index contributed by atoms with van der Waals surface area (Å²) in [6.45, 7) is 1.97. The third-order valence-corrected chi connectivity index (χ3v) is 2.14. The van der Waals surface area contributed by atoms with Gasteiger partial charge in [-0.25, -0.2) is 0 Å². The molecule has 0 aromatic rings. The summed E-state index contributed by atoms with van der Waals surface area (Å²) in [6, 6.07) is -0.295. The van der Waals surface area contributed by atoms with Crippen LogP contribution in [0.5, 0.6) is 0 Å². The minimum Gasteiger partial charge on any atom is -0.860 e. The van der Waals surface area contributed by atoms with Gasteiger partial charge in [0.1, 0.15) is 0 Å². The number of hydrogen-bond donors (Lipinski definition) is 2. The summed E-state index contributed by atoms with van der Waals surface area (Å²) in [7, 11) is 0. The Bertz CT molecular complexity index is 195. The van der Waals surface area contributed by atoms with Gasteiger partial charge in [-0.05, 0) is 25.2 Å². The molecule has 3 N–H and O–H groups in total. The Morgan fingerprint density at radius 2 is 2.21 bits per heavy atom. The van der Waals surface area contributed by atoms with Crippen molar-refractivity contribution >= 4 is 18.3 Å². The lowest BCUT2D eigenvalue weighted by atomic mass is 10.1. The van der Waals surface area contributed by atoms with E-state index >= 15 is 0 Å². The maximum absolute atomic E-state index is 11.2. The third kappa shape index (κ3) is 4.26. The molecule has 0 amide bonds. The van der Waals surface area contributed by atoms with Gasteiger partial charge in [-0.15, -0.1) is 12.4 Å². The van der Waals surface area contributed by atoms with E-state index in [0.717, 1.165) is 19.3 Å². The van der Waals surface area contributed by atoms with Crippen LogP contribution in [0.2, 0.25) is 0 Å². The molecular formula is C9H18ClN2O2-. The molecule has 1 aliphatic carbocycles. The smallest absolute Gasteiger partial charge is 0.0967 e. The van der Waals surface area contributed by atoms with Crippen LogP contribution in [0.25, 0.3) is 0 Å². The van der Waals surface area contributed by atoms with Crippen LogP contribution in [0.3, 0.4) is 0 Å². The zero-order valence-electron chi connectivity index (χ0n) is 8.35. The van der Waals surface area contributed by atoms with Crippen molar-refractivity contribution in [3.63, 3.8) is 0 Å². The van der Waals surface area contributed by atoms with Crippen LogP contribution in [0.15, 0.2) is 4.99 Å². The van der Waals surface area contributed by atoms with E-state index in [1.165, 1.54) is 0 Å². The predicted molar refractivity (Wildman–Crippen MR) is 56.6 cm³/mol. The highest BCUT2D eigenvalue weighted by molar-refractivity contribution is 5.85. The number of hydrogen-bond acceptors (Lipinski definition) is 4. The van der Waals surface area contributed by atoms with Crippen molar-refractivity contribution in [2.45, 2.75) is 50.8 Å². The SMILES string of the molecule is CCC[C@H](N)[C@H](O)C([O-])=NC1CC1.Cl. The molecule has 0 radical (unpaired) electrons. The van der Waals surface area contributed by atoms with Gasteiger partial charge in [0, 0.05) is 12.1 Å². The van der Waals surface area contributed by atoms with Crippen molar-refractivity contribution in [1.29, 1.82) is 0 Å². The quantitative estimate of drug-likeness (QED) is 0.499. The highest BCUT2D eigenvalue weighted by Crippen LogP contribution is 2.23. The summed E-state index contributed by atoms with van der Waals surface area (Å²) in [6.07, 6.45) is 2.38. The Morgan fingerprint density at radius 3 is 2.64 bits per heavy atom. The molecule has 14 heavy (non-hydrogen) atoms. The minimum absolute atomic E-state index is 0. The summed E-state index contributed by atoms with van der Waals surface area (Å²) in [5, 5.41) is 20.6. The van der Waals surface area contributed by atoms with E-state index in [0.29, 0.717) is 6.42 Å². The molecule has 1 saturated carbocycles. The molecule has 1 aliphatic rings. The summed E-state index contributed by atoms with van der Waals surface area (Å²) in [5.41, 5.74) is 5.59. The van der Waals surface area contributed by atoms with Crippen molar-refractivity contribution in [2.75, 3.05) is 0 Å². The van der Waals surface area contributed by atoms with E-state index in [1.807, 2.05) is 6.92 Å². The lowest BCUT2D eigenvalue weighted by Crippen LogP contribution is -2.46. The molecule has 0 aromatic carbocycles. The molecule has 1 rings (SSSR count). The number of aliphatic hydroxyl groups is 1. The minimum atomic E-state index is -1.10. The van der Waals surface area contributed by atoms with Crippen molar-refractivity contribution in [1.82, 2.24) is 0 Å². The highest BCUT2D eigenvalue weighted by Gasteiger charge is 2.21. The van der Waals surface area contributed by atoms with E-state index in [-0.39, 0.29) is 18.4 Å². The zero-order valence-corrected chi connectivity index (χ0v) is 9.17. The Balaban J connectivity index is 0.00000169. The van der Waals surface area contributed by atoms with Crippen LogP contribution in [-0.2, 0) is 0 Å². The molecule has 0 spiro atoms. The number of halogens is 1. The average molecular weight is 222 g/mol. The monoisotopic (exact) mass is 221 g/mol. The summed E-state index contributed by atoms with van der Waals surface area (Å²) in [5.74, 6) is -0.441. The summed E-state index contributed by atoms with van der Waals surface area (Å²) < 4.78 is 0. The van der Waals surface area contributed by atoms with Crippen molar-refractivity contribution in [3.8, 4) is 0 Å². The van der Waals surface area contributed by atoms with Gasteiger partial charge < -0.3 is 15.9 Å². The number of nitrogens with two attached hydrogens (primary N) is 1. The maximum Gasteiger partial charge on any atom is 0.0967 e. The summed E-state index contributed by atoms with van der Waals surface area (Å²) in [4.78, 5) is 3.82. The molecule has 0 unspecified atom stereocenters. The molecule has 1 fully saturated rings. The fourth-order valence-corrected chi connectivity index (χ4v) is 1.13. The van der Waals surface area contributed by atoms with E-state index < -0.39 is 18.0 Å². The van der Waals surface area contributed by atoms with Crippen LogP contribution >= 0.6 is 12.4 Å². The van der Waals surface area contributed by atoms with Gasteiger partial charge in [0.05, 0.1) is 6.10 Å². The first-order valence-corrected chi connectivity index (χ1v) is 4.83. The normalized spacial score (nSPS) is 21.2. The van der Waals surface area contributed by atoms with Crippen LogP contribution in [0, 0.1) is 0 Å². The maximum atomic E-state index is 11.2. The number of aliphatic hydroxyl groups excluding tert-OH is 1. The molecule has 0 aliphatic heterocycles. The van der Waals surface area contributed by atoms with Gasteiger partial charge in [0.2, 0.25) is 0 Å². The van der Waals surface area contributed by atoms with E-state index in [4.69, 9.17) is 5.73 Å². The van der Waals surface area contributed by atoms with Crippen LogP contribution in [0.4, 0.5) is 0 Å². The molecule has 84 valence electrons. The lowest BCUT2D eigenvalue weighted by molar-refractivity contribution is -0.229. The predicted octanol–water partition coefficient (Wildman–Crippen LogP) is -0.182. The summed E-state index contributed by atoms with van der Waals surface area (Å²) >= 11 is 0. The van der Waals surface area contributed by atoms with Gasteiger partial charge in [-0.1, -0.05) is 13.3 Å². The second-order valence-corrected chi connectivity index (χ2v) is 3.60. The molecule has 0 heterocycles. The van der Waals surface area contributed by atoms with Crippen LogP contribution in [-0.4, -0.2) is 29.2 Å². The molecule has 0 bridgehead atoms. The van der Waals surface area contributed by atoms with Crippen LogP contribution in [0.1, 0.15) is 32.6 Å². The first kappa shape index (κ1) is 13.7. The second-order valence-electron chi connectivity index (χ2n) is 3.60. The molecule has 2 atom stereocenters. The highest BCUT2D eigenvalue weighted by atomic mass is 35.5. The van der Waals surface area contributed by atoms with Crippen molar-refractivity contribution < 1.29 is 10.2 Å². The van der Waals surface area contributed by atoms with E-state index in [1.54, 1.807) is 0 Å². The first-order valence-electron chi connectivity index (χ1n) is 4.83. The zero-order chi connectivity index (χ0) is 9.84. The van der Waals surface area contributed by atoms with E-state index in [9.17, 15) is 10.2 Å². The Morgan fingerprint density at radius 1 is 1.64 bits per heavy atom. The number of nitrogens with zero attached hydrogens (tertiary/aromatic N) is 1. The van der Waals surface area contributed by atoms with Crippen molar-refractivity contribution in [2.24, 2.45) is 10.7 Å². The van der Waals surface area contributed by atoms with Gasteiger partial charge >= 0.3 is 0 Å². The molecule has 0 aromatic heterocycles. The van der Waals surface area contributed by atoms with E-state index in [2.05, 4.69) is 4.99 Å². The third-order valence-electron chi connectivity index (χ3n) is 2.14. The standard InChI is InChI=1S/C9H18N2O2.ClH/c1-2-3-7(10)8(12)9(13)11-6-4-5-6;/h6-8,12H,2-5,10H2,1H3,(H,11,13);1H/p-1/t7-,8-;/m0./s1. The van der Waals surface area contributed by atoms with Gasteiger partial charge in [-0.2, -0.15) is 0 Å². The Kier molecular flexibility index (Phi) is 6.08. The fourth-order valence-electron chi connectivity index (χ4n) is 1.13. The first-order chi connectivity index (χ1) is 6.15. The Labute approximate surface area is 90.6 Å². The van der Waals surface area contributed by atoms with Gasteiger partial charge in [0.25, 0.3) is 0 Å². The molecule has 5 heteroatoms. The average Bonchev–Trinajstić information content (AvgIpc) is 2.87. The molecule has 0 saturated heterocycles. The molecule has 4 nitrogen and oxygen atoms in total. The number of rotatable bonds is 5. The Hall–Kier alpha value is -0.320. The number of aliphatic imine (C=N–C) groups is 1. The topological polar surface area (TPSA) is 81.7 Å². The molecular weight excluding hydrogens is 204 g/mol. The lowest BCUT2D eigenvalue weighted by Gasteiger charge is -2.23. The van der Waals surface area contributed by atoms with Gasteiger partial charge in [-0.3, -0.25) is 4.99 Å². The van der Waals surface area contributed by atoms with Gasteiger partial charge in [0.15, 0.2) is 0 Å². The van der Waals surface area contributed by atoms with Crippen LogP contribution < -0.4 is 10.8 Å². The fraction of sp³-hybridized carbons (Fsp3) is 0.889. The second kappa shape index (κ2) is 6.22. The largest absolute Gasteiger partial charge is 0.860 e. The van der Waals surface area contributed by atoms with Crippen molar-refractivity contribution in [3.05, 3.63) is 0 Å².